The number of carbonyl (C=O) groups excluding carboxylic acids is 3. The number of rotatable bonds is 18. The van der Waals surface area contributed by atoms with E-state index in [9.17, 15) is 32.1 Å². The Morgan fingerprint density at radius 2 is 0.812 bits per heavy atom. The first-order valence-corrected chi connectivity index (χ1v) is 10.5. The third kappa shape index (κ3) is 14.5. The zero-order valence-corrected chi connectivity index (χ0v) is 18.0. The standard InChI is InChI=1S/C18H24F3O10P/c1-13(19)16(22)26-7-4-10-29-32(25,30-11-5-8-27-17(23)14(2)20)31-12-6-9-28-18(24)15(3)21/h1-12H2. The Balaban J connectivity index is 4.47. The molecular weight excluding hydrogens is 464 g/mol. The average Bonchev–Trinajstić information content (AvgIpc) is 2.72. The summed E-state index contributed by atoms with van der Waals surface area (Å²) in [7, 11) is -4.16. The summed E-state index contributed by atoms with van der Waals surface area (Å²) in [6.45, 7) is 6.63. The van der Waals surface area contributed by atoms with Gasteiger partial charge in [0.2, 0.25) is 17.5 Å². The molecule has 0 aliphatic heterocycles. The summed E-state index contributed by atoms with van der Waals surface area (Å²) in [5, 5.41) is 0. The maximum atomic E-state index is 12.6. The predicted molar refractivity (Wildman–Crippen MR) is 103 cm³/mol. The number of halogens is 3. The van der Waals surface area contributed by atoms with Crippen molar-refractivity contribution in [3.05, 3.63) is 37.2 Å². The lowest BCUT2D eigenvalue weighted by molar-refractivity contribution is -0.141. The maximum Gasteiger partial charge on any atom is 0.474 e. The second-order valence-electron chi connectivity index (χ2n) is 5.63. The van der Waals surface area contributed by atoms with E-state index in [-0.39, 0.29) is 58.9 Å². The fourth-order valence-electron chi connectivity index (χ4n) is 1.55. The molecule has 10 nitrogen and oxygen atoms in total. The molecule has 0 atom stereocenters. The highest BCUT2D eigenvalue weighted by Gasteiger charge is 2.26. The minimum atomic E-state index is -4.16. The second-order valence-corrected chi connectivity index (χ2v) is 7.30. The number of hydrogen-bond donors (Lipinski definition) is 0. The summed E-state index contributed by atoms with van der Waals surface area (Å²) in [5.74, 6) is -7.60. The number of ether oxygens (including phenoxy) is 3. The van der Waals surface area contributed by atoms with Gasteiger partial charge in [-0.1, -0.05) is 19.7 Å². The van der Waals surface area contributed by atoms with Crippen LogP contribution in [0.5, 0.6) is 0 Å². The van der Waals surface area contributed by atoms with Crippen LogP contribution >= 0.6 is 7.82 Å². The van der Waals surface area contributed by atoms with Gasteiger partial charge >= 0.3 is 25.7 Å². The van der Waals surface area contributed by atoms with Crippen LogP contribution in [0.1, 0.15) is 19.3 Å². The fraction of sp³-hybridized carbons (Fsp3) is 0.500. The number of phosphoric ester groups is 1. The van der Waals surface area contributed by atoms with E-state index in [2.05, 4.69) is 33.9 Å². The van der Waals surface area contributed by atoms with E-state index < -0.39 is 43.2 Å². The van der Waals surface area contributed by atoms with Crippen molar-refractivity contribution in [3.63, 3.8) is 0 Å². The molecule has 0 unspecified atom stereocenters. The monoisotopic (exact) mass is 488 g/mol. The molecular formula is C18H24F3O10P. The van der Waals surface area contributed by atoms with Gasteiger partial charge in [0.1, 0.15) is 0 Å². The topological polar surface area (TPSA) is 124 Å². The van der Waals surface area contributed by atoms with Gasteiger partial charge in [0.05, 0.1) is 39.6 Å². The molecule has 0 amide bonds. The molecule has 0 saturated heterocycles. The van der Waals surface area contributed by atoms with E-state index in [0.717, 1.165) is 0 Å². The zero-order valence-electron chi connectivity index (χ0n) is 17.1. The summed E-state index contributed by atoms with van der Waals surface area (Å²) in [4.78, 5) is 32.8. The molecule has 0 rings (SSSR count). The lowest BCUT2D eigenvalue weighted by atomic mass is 10.5. The van der Waals surface area contributed by atoms with E-state index >= 15 is 0 Å². The van der Waals surface area contributed by atoms with Crippen LogP contribution in [0.2, 0.25) is 0 Å². The van der Waals surface area contributed by atoms with E-state index in [1.807, 2.05) is 0 Å². The molecule has 0 bridgehead atoms. The second kappa shape index (κ2) is 16.2. The molecule has 32 heavy (non-hydrogen) atoms. The van der Waals surface area contributed by atoms with Crippen LogP contribution in [0.25, 0.3) is 0 Å². The Bertz CT molecular complexity index is 645. The number of carbonyl (C=O) groups is 3. The van der Waals surface area contributed by atoms with E-state index in [1.54, 1.807) is 0 Å². The maximum absolute atomic E-state index is 12.6. The third-order valence-corrected chi connectivity index (χ3v) is 4.47. The summed E-state index contributed by atoms with van der Waals surface area (Å²) in [6.07, 6.45) is 0.00649. The molecule has 0 aliphatic carbocycles. The Hall–Kier alpha value is -2.47. The van der Waals surface area contributed by atoms with Crippen LogP contribution in [0.15, 0.2) is 37.2 Å². The zero-order chi connectivity index (χ0) is 24.6. The molecule has 182 valence electrons. The van der Waals surface area contributed by atoms with Crippen molar-refractivity contribution < 1.29 is 59.9 Å². The Labute approximate surface area is 182 Å². The van der Waals surface area contributed by atoms with Crippen molar-refractivity contribution in [1.29, 1.82) is 0 Å². The molecule has 0 aromatic carbocycles. The Morgan fingerprint density at radius 3 is 1.03 bits per heavy atom. The molecule has 0 spiro atoms. The largest absolute Gasteiger partial charge is 0.474 e. The lowest BCUT2D eigenvalue weighted by Crippen LogP contribution is -2.11. The molecule has 0 heterocycles. The molecule has 0 radical (unpaired) electrons. The number of hydrogen-bond acceptors (Lipinski definition) is 10. The molecule has 0 saturated carbocycles. The third-order valence-electron chi connectivity index (χ3n) is 2.98. The van der Waals surface area contributed by atoms with Crippen molar-refractivity contribution in [2.24, 2.45) is 0 Å². The Morgan fingerprint density at radius 1 is 0.562 bits per heavy atom. The van der Waals surface area contributed by atoms with Crippen LogP contribution in [0, 0.1) is 0 Å². The SMILES string of the molecule is C=C(F)C(=O)OCCCOP(=O)(OCCCOC(=O)C(=C)F)OCCCOC(=O)C(=C)F. The predicted octanol–water partition coefficient (Wildman–Crippen LogP) is 3.39. The van der Waals surface area contributed by atoms with Gasteiger partial charge in [-0.2, -0.15) is 13.2 Å². The van der Waals surface area contributed by atoms with Crippen LogP contribution < -0.4 is 0 Å². The first kappa shape index (κ1) is 29.5. The first-order valence-electron chi connectivity index (χ1n) is 9.06. The minimum Gasteiger partial charge on any atom is -0.460 e. The van der Waals surface area contributed by atoms with Gasteiger partial charge in [0, 0.05) is 19.3 Å². The summed E-state index contributed by atoms with van der Waals surface area (Å²) in [5.41, 5.74) is 0. The molecule has 0 fully saturated rings. The highest BCUT2D eigenvalue weighted by Crippen LogP contribution is 2.49. The van der Waals surface area contributed by atoms with Crippen molar-refractivity contribution >= 4 is 25.7 Å². The minimum absolute atomic E-state index is 0.00216. The Kier molecular flexibility index (Phi) is 15.0. The van der Waals surface area contributed by atoms with Gasteiger partial charge in [-0.05, 0) is 0 Å². The molecule has 0 aromatic heterocycles. The van der Waals surface area contributed by atoms with Crippen molar-refractivity contribution in [2.75, 3.05) is 39.6 Å². The molecule has 0 aromatic rings. The first-order chi connectivity index (χ1) is 15.0. The highest BCUT2D eigenvalue weighted by molar-refractivity contribution is 7.48. The molecule has 0 aliphatic rings. The smallest absolute Gasteiger partial charge is 0.460 e. The summed E-state index contributed by atoms with van der Waals surface area (Å²) < 4.78 is 78.7. The van der Waals surface area contributed by atoms with Crippen LogP contribution in [-0.2, 0) is 46.7 Å². The van der Waals surface area contributed by atoms with Crippen LogP contribution in [0.3, 0.4) is 0 Å². The van der Waals surface area contributed by atoms with Crippen LogP contribution in [-0.4, -0.2) is 57.5 Å². The van der Waals surface area contributed by atoms with Gasteiger partial charge in [0.15, 0.2) is 0 Å². The summed E-state index contributed by atoms with van der Waals surface area (Å²) >= 11 is 0. The normalized spacial score (nSPS) is 10.8. The molecule has 0 N–H and O–H groups in total. The van der Waals surface area contributed by atoms with Gasteiger partial charge in [-0.15, -0.1) is 0 Å². The van der Waals surface area contributed by atoms with E-state index in [4.69, 9.17) is 13.6 Å². The fourth-order valence-corrected chi connectivity index (χ4v) is 2.83. The van der Waals surface area contributed by atoms with Gasteiger partial charge in [-0.3, -0.25) is 13.6 Å². The highest BCUT2D eigenvalue weighted by atomic mass is 31.2. The van der Waals surface area contributed by atoms with Gasteiger partial charge in [0.25, 0.3) is 0 Å². The lowest BCUT2D eigenvalue weighted by Gasteiger charge is -2.18. The van der Waals surface area contributed by atoms with Crippen molar-refractivity contribution in [2.45, 2.75) is 19.3 Å². The summed E-state index contributed by atoms with van der Waals surface area (Å²) in [6, 6.07) is 0. The van der Waals surface area contributed by atoms with Gasteiger partial charge < -0.3 is 14.2 Å². The van der Waals surface area contributed by atoms with Gasteiger partial charge in [-0.25, -0.2) is 18.9 Å². The molecule has 14 heteroatoms. The van der Waals surface area contributed by atoms with Crippen LogP contribution in [0.4, 0.5) is 13.2 Å². The van der Waals surface area contributed by atoms with Crippen molar-refractivity contribution in [1.82, 2.24) is 0 Å². The quantitative estimate of drug-likeness (QED) is 0.0932. The number of esters is 3. The average molecular weight is 488 g/mol. The van der Waals surface area contributed by atoms with E-state index in [0.29, 0.717) is 0 Å². The number of phosphoric acid groups is 1. The van der Waals surface area contributed by atoms with Crippen molar-refractivity contribution in [3.8, 4) is 0 Å². The van der Waals surface area contributed by atoms with E-state index in [1.165, 1.54) is 0 Å².